The van der Waals surface area contributed by atoms with Crippen LogP contribution in [0.3, 0.4) is 0 Å². The summed E-state index contributed by atoms with van der Waals surface area (Å²) in [5.41, 5.74) is 2.10. The standard InChI is InChI=1S/C20H24N4O2S/c1-15(25)24(13-16-4-10-27-14-16)18-11-20(18)5-8-23(9-6-20)19(26)22-17-3-2-7-21-12-17/h2-4,7,10,12,14,18H,5-6,8-9,11,13H2,1H3,(H,22,26). The molecule has 1 atom stereocenters. The molecular formula is C20H24N4O2S. The van der Waals surface area contributed by atoms with Gasteiger partial charge in [-0.25, -0.2) is 4.79 Å². The highest BCUT2D eigenvalue weighted by molar-refractivity contribution is 7.07. The van der Waals surface area contributed by atoms with Gasteiger partial charge in [0.2, 0.25) is 5.91 Å². The third kappa shape index (κ3) is 3.83. The van der Waals surface area contributed by atoms with Crippen molar-refractivity contribution < 1.29 is 9.59 Å². The third-order valence-electron chi connectivity index (χ3n) is 5.82. The summed E-state index contributed by atoms with van der Waals surface area (Å²) < 4.78 is 0. The fraction of sp³-hybridized carbons (Fsp3) is 0.450. The molecule has 2 aromatic rings. The highest BCUT2D eigenvalue weighted by atomic mass is 32.1. The first-order valence-electron chi connectivity index (χ1n) is 9.32. The van der Waals surface area contributed by atoms with Gasteiger partial charge in [0.25, 0.3) is 0 Å². The Morgan fingerprint density at radius 3 is 2.81 bits per heavy atom. The second kappa shape index (κ2) is 7.31. The number of carbonyl (C=O) groups excluding carboxylic acids is 2. The summed E-state index contributed by atoms with van der Waals surface area (Å²) in [4.78, 5) is 32.6. The SMILES string of the molecule is CC(=O)N(Cc1ccsc1)C1CC12CCN(C(=O)Nc1cccnc1)CC2. The van der Waals surface area contributed by atoms with Gasteiger partial charge in [0.15, 0.2) is 0 Å². The quantitative estimate of drug-likeness (QED) is 0.876. The highest BCUT2D eigenvalue weighted by Gasteiger charge is 2.58. The molecule has 27 heavy (non-hydrogen) atoms. The summed E-state index contributed by atoms with van der Waals surface area (Å²) in [5.74, 6) is 0.139. The minimum absolute atomic E-state index is 0.0725. The Morgan fingerprint density at radius 1 is 1.37 bits per heavy atom. The van der Waals surface area contributed by atoms with E-state index < -0.39 is 0 Å². The largest absolute Gasteiger partial charge is 0.335 e. The first kappa shape index (κ1) is 18.0. The molecule has 1 aliphatic heterocycles. The first-order chi connectivity index (χ1) is 13.1. The Morgan fingerprint density at radius 2 is 2.19 bits per heavy atom. The normalized spacial score (nSPS) is 20.3. The van der Waals surface area contributed by atoms with Crippen LogP contribution in [0.15, 0.2) is 41.4 Å². The van der Waals surface area contributed by atoms with Gasteiger partial charge in [-0.3, -0.25) is 9.78 Å². The molecule has 1 saturated carbocycles. The van der Waals surface area contributed by atoms with Crippen LogP contribution in [-0.4, -0.2) is 45.9 Å². The summed E-state index contributed by atoms with van der Waals surface area (Å²) in [6, 6.07) is 5.96. The van der Waals surface area contributed by atoms with Crippen LogP contribution in [0.25, 0.3) is 0 Å². The lowest BCUT2D eigenvalue weighted by molar-refractivity contribution is -0.130. The molecule has 0 bridgehead atoms. The number of thiophene rings is 1. The summed E-state index contributed by atoms with van der Waals surface area (Å²) in [5, 5.41) is 7.06. The van der Waals surface area contributed by atoms with Gasteiger partial charge in [0.1, 0.15) is 0 Å². The third-order valence-corrected chi connectivity index (χ3v) is 6.55. The molecule has 2 aromatic heterocycles. The van der Waals surface area contributed by atoms with E-state index in [-0.39, 0.29) is 17.4 Å². The van der Waals surface area contributed by atoms with E-state index in [2.05, 4.69) is 27.1 Å². The summed E-state index contributed by atoms with van der Waals surface area (Å²) in [7, 11) is 0. The maximum absolute atomic E-state index is 12.5. The van der Waals surface area contributed by atoms with Gasteiger partial charge in [-0.05, 0) is 59.2 Å². The van der Waals surface area contributed by atoms with Gasteiger partial charge in [0, 0.05) is 38.8 Å². The van der Waals surface area contributed by atoms with E-state index in [4.69, 9.17) is 0 Å². The zero-order chi connectivity index (χ0) is 18.9. The molecule has 142 valence electrons. The average molecular weight is 385 g/mol. The summed E-state index contributed by atoms with van der Waals surface area (Å²) in [6.07, 6.45) is 6.28. The molecule has 7 heteroatoms. The molecule has 0 aromatic carbocycles. The van der Waals surface area contributed by atoms with Crippen LogP contribution < -0.4 is 5.32 Å². The van der Waals surface area contributed by atoms with Crippen LogP contribution in [0.1, 0.15) is 31.7 Å². The van der Waals surface area contributed by atoms with Crippen molar-refractivity contribution in [2.75, 3.05) is 18.4 Å². The molecular weight excluding hydrogens is 360 g/mol. The summed E-state index contributed by atoms with van der Waals surface area (Å²) >= 11 is 1.66. The van der Waals surface area contributed by atoms with Gasteiger partial charge in [-0.15, -0.1) is 0 Å². The van der Waals surface area contributed by atoms with Crippen LogP contribution in [0.2, 0.25) is 0 Å². The van der Waals surface area contributed by atoms with E-state index in [0.717, 1.165) is 32.4 Å². The maximum atomic E-state index is 12.5. The molecule has 4 rings (SSSR count). The molecule has 2 aliphatic rings. The molecule has 3 heterocycles. The predicted octanol–water partition coefficient (Wildman–Crippen LogP) is 3.58. The van der Waals surface area contributed by atoms with Crippen LogP contribution >= 0.6 is 11.3 Å². The number of carbonyl (C=O) groups is 2. The van der Waals surface area contributed by atoms with E-state index >= 15 is 0 Å². The van der Waals surface area contributed by atoms with Crippen LogP contribution in [-0.2, 0) is 11.3 Å². The summed E-state index contributed by atoms with van der Waals surface area (Å²) in [6.45, 7) is 3.81. The zero-order valence-electron chi connectivity index (χ0n) is 15.4. The van der Waals surface area contributed by atoms with Crippen LogP contribution in [0.5, 0.6) is 0 Å². The Bertz CT molecular complexity index is 801. The van der Waals surface area contributed by atoms with Crippen molar-refractivity contribution in [1.29, 1.82) is 0 Å². The fourth-order valence-corrected chi connectivity index (χ4v) is 4.78. The smallest absolute Gasteiger partial charge is 0.321 e. The number of urea groups is 1. The van der Waals surface area contributed by atoms with Crippen molar-refractivity contribution >= 4 is 29.0 Å². The topological polar surface area (TPSA) is 65.5 Å². The molecule has 1 aliphatic carbocycles. The Hall–Kier alpha value is -2.41. The molecule has 1 N–H and O–H groups in total. The number of nitrogens with one attached hydrogen (secondary N) is 1. The molecule has 0 radical (unpaired) electrons. The number of hydrogen-bond donors (Lipinski definition) is 1. The first-order valence-corrected chi connectivity index (χ1v) is 10.3. The number of rotatable bonds is 4. The van der Waals surface area contributed by atoms with Crippen molar-refractivity contribution in [1.82, 2.24) is 14.8 Å². The molecule has 3 amide bonds. The number of aromatic nitrogens is 1. The Labute approximate surface area is 163 Å². The number of hydrogen-bond acceptors (Lipinski definition) is 4. The van der Waals surface area contributed by atoms with Gasteiger partial charge >= 0.3 is 6.03 Å². The predicted molar refractivity (Wildman–Crippen MR) is 105 cm³/mol. The van der Waals surface area contributed by atoms with Crippen molar-refractivity contribution in [2.24, 2.45) is 5.41 Å². The molecule has 6 nitrogen and oxygen atoms in total. The van der Waals surface area contributed by atoms with E-state index in [1.54, 1.807) is 36.7 Å². The van der Waals surface area contributed by atoms with Crippen molar-refractivity contribution in [3.8, 4) is 0 Å². The molecule has 1 spiro atoms. The zero-order valence-corrected chi connectivity index (χ0v) is 16.2. The second-order valence-corrected chi connectivity index (χ2v) is 8.30. The fourth-order valence-electron chi connectivity index (χ4n) is 4.12. The lowest BCUT2D eigenvalue weighted by Gasteiger charge is -2.34. The van der Waals surface area contributed by atoms with Crippen molar-refractivity contribution in [2.45, 2.75) is 38.8 Å². The number of nitrogens with zero attached hydrogens (tertiary/aromatic N) is 3. The molecule has 2 fully saturated rings. The van der Waals surface area contributed by atoms with Crippen LogP contribution in [0.4, 0.5) is 10.5 Å². The Balaban J connectivity index is 1.33. The second-order valence-electron chi connectivity index (χ2n) is 7.52. The maximum Gasteiger partial charge on any atom is 0.321 e. The average Bonchev–Trinajstić information content (AvgIpc) is 3.10. The molecule has 1 unspecified atom stereocenters. The van der Waals surface area contributed by atoms with Crippen molar-refractivity contribution in [3.63, 3.8) is 0 Å². The Kier molecular flexibility index (Phi) is 4.86. The minimum Gasteiger partial charge on any atom is -0.335 e. The number of likely N-dealkylation sites (tertiary alicyclic amines) is 1. The minimum atomic E-state index is -0.0725. The van der Waals surface area contributed by atoms with Gasteiger partial charge in [-0.1, -0.05) is 0 Å². The monoisotopic (exact) mass is 384 g/mol. The number of amides is 3. The highest BCUT2D eigenvalue weighted by Crippen LogP contribution is 2.57. The van der Waals surface area contributed by atoms with E-state index in [9.17, 15) is 9.59 Å². The van der Waals surface area contributed by atoms with Gasteiger partial charge in [0.05, 0.1) is 11.9 Å². The lowest BCUT2D eigenvalue weighted by atomic mass is 9.92. The number of pyridine rings is 1. The van der Waals surface area contributed by atoms with Crippen molar-refractivity contribution in [3.05, 3.63) is 46.9 Å². The van der Waals surface area contributed by atoms with Crippen LogP contribution in [0, 0.1) is 5.41 Å². The van der Waals surface area contributed by atoms with E-state index in [1.165, 1.54) is 5.56 Å². The number of piperidine rings is 1. The van der Waals surface area contributed by atoms with Gasteiger partial charge < -0.3 is 15.1 Å². The van der Waals surface area contributed by atoms with Gasteiger partial charge in [-0.2, -0.15) is 11.3 Å². The lowest BCUT2D eigenvalue weighted by Crippen LogP contribution is -2.44. The van der Waals surface area contributed by atoms with E-state index in [0.29, 0.717) is 18.3 Å². The molecule has 1 saturated heterocycles. The number of anilines is 1. The van der Waals surface area contributed by atoms with E-state index in [1.807, 2.05) is 15.9 Å².